The molecule has 0 fully saturated rings. The summed E-state index contributed by atoms with van der Waals surface area (Å²) >= 11 is 11.3. The van der Waals surface area contributed by atoms with Gasteiger partial charge in [-0.1, -0.05) is 11.6 Å². The highest BCUT2D eigenvalue weighted by atomic mass is 35.5. The van der Waals surface area contributed by atoms with Gasteiger partial charge in [0.1, 0.15) is 0 Å². The van der Waals surface area contributed by atoms with Gasteiger partial charge < -0.3 is 4.42 Å². The Morgan fingerprint density at radius 2 is 2.15 bits per heavy atom. The minimum atomic E-state index is 0.403. The molecule has 0 bridgehead atoms. The molecular weight excluding hydrogens is 296 g/mol. The van der Waals surface area contributed by atoms with Crippen LogP contribution in [0, 0.1) is 4.77 Å². The number of aromatic amines is 1. The molecule has 0 radical (unpaired) electrons. The summed E-state index contributed by atoms with van der Waals surface area (Å²) in [5.41, 5.74) is 1.44. The topological polar surface area (TPSA) is 59.1 Å². The molecule has 0 aliphatic rings. The summed E-state index contributed by atoms with van der Waals surface area (Å²) < 4.78 is 7.38. The molecule has 7 heteroatoms. The third kappa shape index (κ3) is 1.65. The second-order valence-corrected chi connectivity index (χ2v) is 5.07. The first kappa shape index (κ1) is 11.6. The van der Waals surface area contributed by atoms with Crippen LogP contribution >= 0.6 is 23.8 Å². The Morgan fingerprint density at radius 1 is 1.25 bits per heavy atom. The molecular formula is C13H7ClN4OS. The number of fused-ring (bicyclic) bond motifs is 3. The van der Waals surface area contributed by atoms with Crippen molar-refractivity contribution in [3.05, 3.63) is 46.4 Å². The number of aromatic nitrogens is 4. The van der Waals surface area contributed by atoms with Crippen LogP contribution in [-0.2, 0) is 0 Å². The van der Waals surface area contributed by atoms with Crippen LogP contribution in [0.15, 0.2) is 41.0 Å². The second kappa shape index (κ2) is 4.16. The first-order valence-electron chi connectivity index (χ1n) is 5.84. The Morgan fingerprint density at radius 3 is 2.95 bits per heavy atom. The third-order valence-corrected chi connectivity index (χ3v) is 3.52. The number of furan rings is 1. The van der Waals surface area contributed by atoms with Crippen LogP contribution in [-0.4, -0.2) is 19.6 Å². The Hall–Kier alpha value is -2.18. The molecule has 4 aromatic rings. The molecule has 1 N–H and O–H groups in total. The van der Waals surface area contributed by atoms with E-state index in [0.29, 0.717) is 27.0 Å². The van der Waals surface area contributed by atoms with Gasteiger partial charge in [-0.25, -0.2) is 14.5 Å². The second-order valence-electron chi connectivity index (χ2n) is 4.26. The maximum absolute atomic E-state index is 6.05. The van der Waals surface area contributed by atoms with Gasteiger partial charge in [0.25, 0.3) is 0 Å². The zero-order valence-corrected chi connectivity index (χ0v) is 11.6. The Bertz CT molecular complexity index is 987. The zero-order chi connectivity index (χ0) is 13.7. The number of nitrogens with one attached hydrogen (secondary N) is 1. The van der Waals surface area contributed by atoms with Crippen molar-refractivity contribution in [3.8, 4) is 11.6 Å². The van der Waals surface area contributed by atoms with E-state index in [9.17, 15) is 0 Å². The first-order chi connectivity index (χ1) is 9.72. The predicted octanol–water partition coefficient (Wildman–Crippen LogP) is 3.85. The van der Waals surface area contributed by atoms with Crippen LogP contribution in [0.2, 0.25) is 5.02 Å². The number of halogens is 1. The van der Waals surface area contributed by atoms with Crippen molar-refractivity contribution in [2.45, 2.75) is 0 Å². The summed E-state index contributed by atoms with van der Waals surface area (Å²) in [4.78, 5) is 8.89. The molecule has 4 rings (SSSR count). The van der Waals surface area contributed by atoms with E-state index >= 15 is 0 Å². The van der Waals surface area contributed by atoms with Gasteiger partial charge in [0, 0.05) is 10.4 Å². The summed E-state index contributed by atoms with van der Waals surface area (Å²) in [6.45, 7) is 0. The lowest BCUT2D eigenvalue weighted by atomic mass is 10.2. The van der Waals surface area contributed by atoms with Crippen molar-refractivity contribution in [2.24, 2.45) is 0 Å². The molecule has 0 aliphatic carbocycles. The minimum Gasteiger partial charge on any atom is -0.461 e. The van der Waals surface area contributed by atoms with E-state index in [4.69, 9.17) is 28.2 Å². The van der Waals surface area contributed by atoms with Crippen LogP contribution in [0.3, 0.4) is 0 Å². The van der Waals surface area contributed by atoms with Crippen LogP contribution in [0.5, 0.6) is 0 Å². The van der Waals surface area contributed by atoms with Gasteiger partial charge in [0.2, 0.25) is 4.77 Å². The van der Waals surface area contributed by atoms with Gasteiger partial charge in [-0.05, 0) is 42.5 Å². The molecule has 98 valence electrons. The highest BCUT2D eigenvalue weighted by Crippen LogP contribution is 2.24. The van der Waals surface area contributed by atoms with Crippen molar-refractivity contribution in [1.82, 2.24) is 19.6 Å². The average molecular weight is 303 g/mol. The summed E-state index contributed by atoms with van der Waals surface area (Å²) in [7, 11) is 0. The lowest BCUT2D eigenvalue weighted by Crippen LogP contribution is -1.94. The van der Waals surface area contributed by atoms with Gasteiger partial charge in [-0.2, -0.15) is 0 Å². The summed E-state index contributed by atoms with van der Waals surface area (Å²) in [6, 6.07) is 9.05. The Labute approximate surface area is 122 Å². The van der Waals surface area contributed by atoms with Crippen molar-refractivity contribution >= 4 is 40.4 Å². The number of rotatable bonds is 1. The number of nitrogens with zero attached hydrogens (tertiary/aromatic N) is 3. The Balaban J connectivity index is 2.15. The summed E-state index contributed by atoms with van der Waals surface area (Å²) in [5.74, 6) is 1.23. The number of benzene rings is 1. The van der Waals surface area contributed by atoms with Crippen molar-refractivity contribution in [1.29, 1.82) is 0 Å². The van der Waals surface area contributed by atoms with Gasteiger partial charge >= 0.3 is 0 Å². The van der Waals surface area contributed by atoms with E-state index in [1.165, 1.54) is 0 Å². The average Bonchev–Trinajstić information content (AvgIpc) is 3.08. The molecule has 0 atom stereocenters. The van der Waals surface area contributed by atoms with E-state index in [0.717, 1.165) is 10.9 Å². The molecule has 0 spiro atoms. The molecule has 0 amide bonds. The fourth-order valence-corrected chi connectivity index (χ4v) is 2.52. The SMILES string of the molecule is S=c1nc2ccc(Cl)cc2c2nc(-c3ccco3)[nH]n12. The van der Waals surface area contributed by atoms with E-state index in [-0.39, 0.29) is 0 Å². The fourth-order valence-electron chi connectivity index (χ4n) is 2.12. The molecule has 1 aromatic carbocycles. The predicted molar refractivity (Wildman–Crippen MR) is 78.4 cm³/mol. The largest absolute Gasteiger partial charge is 0.461 e. The summed E-state index contributed by atoms with van der Waals surface area (Å²) in [5, 5.41) is 4.54. The molecule has 0 saturated heterocycles. The van der Waals surface area contributed by atoms with Crippen LogP contribution in [0.4, 0.5) is 0 Å². The normalized spacial score (nSPS) is 11.4. The van der Waals surface area contributed by atoms with Crippen molar-refractivity contribution in [2.75, 3.05) is 0 Å². The number of H-pyrrole nitrogens is 1. The first-order valence-corrected chi connectivity index (χ1v) is 6.63. The molecule has 20 heavy (non-hydrogen) atoms. The summed E-state index contributed by atoms with van der Waals surface area (Å²) in [6.07, 6.45) is 1.59. The Kier molecular flexibility index (Phi) is 2.42. The van der Waals surface area contributed by atoms with Gasteiger partial charge in [-0.3, -0.25) is 5.10 Å². The molecule has 0 aliphatic heterocycles. The maximum Gasteiger partial charge on any atom is 0.221 e. The van der Waals surface area contributed by atoms with Crippen molar-refractivity contribution < 1.29 is 4.42 Å². The maximum atomic E-state index is 6.05. The van der Waals surface area contributed by atoms with Crippen molar-refractivity contribution in [3.63, 3.8) is 0 Å². The monoisotopic (exact) mass is 302 g/mol. The van der Waals surface area contributed by atoms with Gasteiger partial charge in [0.15, 0.2) is 17.2 Å². The molecule has 0 unspecified atom stereocenters. The molecule has 0 saturated carbocycles. The van der Waals surface area contributed by atoms with Crippen LogP contribution in [0.1, 0.15) is 0 Å². The lowest BCUT2D eigenvalue weighted by Gasteiger charge is -1.99. The molecule has 3 heterocycles. The highest BCUT2D eigenvalue weighted by Gasteiger charge is 2.11. The smallest absolute Gasteiger partial charge is 0.221 e. The number of hydrogen-bond donors (Lipinski definition) is 1. The van der Waals surface area contributed by atoms with Gasteiger partial charge in [0.05, 0.1) is 11.8 Å². The van der Waals surface area contributed by atoms with E-state index in [1.54, 1.807) is 22.9 Å². The van der Waals surface area contributed by atoms with E-state index in [1.807, 2.05) is 18.2 Å². The van der Waals surface area contributed by atoms with Crippen LogP contribution < -0.4 is 0 Å². The highest BCUT2D eigenvalue weighted by molar-refractivity contribution is 7.71. The van der Waals surface area contributed by atoms with E-state index in [2.05, 4.69) is 15.1 Å². The third-order valence-electron chi connectivity index (χ3n) is 3.01. The lowest BCUT2D eigenvalue weighted by molar-refractivity contribution is 0.577. The zero-order valence-electron chi connectivity index (χ0n) is 10.0. The standard InChI is InChI=1S/C13H7ClN4OS/c14-7-3-4-9-8(6-7)12-16-11(10-2-1-5-19-10)17-18(12)13(20)15-9/h1-6H,(H,16,17). The minimum absolute atomic E-state index is 0.403. The molecule has 5 nitrogen and oxygen atoms in total. The van der Waals surface area contributed by atoms with E-state index < -0.39 is 0 Å². The quantitative estimate of drug-likeness (QED) is 0.543. The number of hydrogen-bond acceptors (Lipinski definition) is 4. The van der Waals surface area contributed by atoms with Crippen LogP contribution in [0.25, 0.3) is 28.1 Å². The molecule has 3 aromatic heterocycles. The fraction of sp³-hybridized carbons (Fsp3) is 0. The van der Waals surface area contributed by atoms with Gasteiger partial charge in [-0.15, -0.1) is 0 Å².